The molecule has 0 aromatic heterocycles. The number of nitrogens with one attached hydrogen (secondary N) is 1. The Morgan fingerprint density at radius 2 is 2.29 bits per heavy atom. The van der Waals surface area contributed by atoms with Gasteiger partial charge in [0, 0.05) is 12.1 Å². The van der Waals surface area contributed by atoms with Crippen molar-refractivity contribution in [3.8, 4) is 6.07 Å². The van der Waals surface area contributed by atoms with Crippen LogP contribution in [0.3, 0.4) is 0 Å². The van der Waals surface area contributed by atoms with E-state index in [4.69, 9.17) is 5.26 Å². The number of amides is 1. The largest absolute Gasteiger partial charge is 0.355 e. The minimum absolute atomic E-state index is 0.00762. The lowest BCUT2D eigenvalue weighted by Crippen LogP contribution is -2.52. The van der Waals surface area contributed by atoms with Crippen molar-refractivity contribution in [2.45, 2.75) is 58.0 Å². The first-order chi connectivity index (χ1) is 8.03. The number of nitriles is 1. The van der Waals surface area contributed by atoms with Crippen molar-refractivity contribution in [1.29, 1.82) is 5.26 Å². The molecule has 0 radical (unpaired) electrons. The third-order valence-electron chi connectivity index (χ3n) is 3.53. The number of nitrogens with zero attached hydrogens (tertiary/aromatic N) is 2. The fourth-order valence-corrected chi connectivity index (χ4v) is 2.39. The monoisotopic (exact) mass is 237 g/mol. The molecule has 17 heavy (non-hydrogen) atoms. The van der Waals surface area contributed by atoms with Crippen LogP contribution in [0.1, 0.15) is 46.5 Å². The molecule has 0 aromatic rings. The van der Waals surface area contributed by atoms with Gasteiger partial charge in [-0.15, -0.1) is 0 Å². The molecule has 0 spiro atoms. The predicted molar refractivity (Wildman–Crippen MR) is 67.3 cm³/mol. The summed E-state index contributed by atoms with van der Waals surface area (Å²) in [6, 6.07) is 1.85. The van der Waals surface area contributed by atoms with Crippen molar-refractivity contribution in [2.24, 2.45) is 0 Å². The van der Waals surface area contributed by atoms with Gasteiger partial charge in [-0.3, -0.25) is 9.69 Å². The molecule has 1 saturated heterocycles. The average Bonchev–Trinajstić information content (AvgIpc) is 2.36. The topological polar surface area (TPSA) is 56.1 Å². The van der Waals surface area contributed by atoms with Gasteiger partial charge in [-0.05, 0) is 33.2 Å². The molecule has 1 aliphatic rings. The van der Waals surface area contributed by atoms with E-state index in [1.54, 1.807) is 0 Å². The lowest BCUT2D eigenvalue weighted by atomic mass is 9.95. The number of carbonyl (C=O) groups is 1. The van der Waals surface area contributed by atoms with Gasteiger partial charge in [0.1, 0.15) is 6.04 Å². The smallest absolute Gasteiger partial charge is 0.238 e. The Hall–Kier alpha value is -1.08. The summed E-state index contributed by atoms with van der Waals surface area (Å²) in [4.78, 5) is 14.2. The van der Waals surface area contributed by atoms with E-state index in [1.807, 2.05) is 0 Å². The van der Waals surface area contributed by atoms with Crippen LogP contribution in [-0.4, -0.2) is 35.5 Å². The molecular formula is C13H23N3O. The predicted octanol–water partition coefficient (Wildman–Crippen LogP) is 1.67. The van der Waals surface area contributed by atoms with Crippen molar-refractivity contribution in [3.05, 3.63) is 0 Å². The van der Waals surface area contributed by atoms with Gasteiger partial charge in [0.25, 0.3) is 0 Å². The van der Waals surface area contributed by atoms with E-state index < -0.39 is 0 Å². The molecule has 1 heterocycles. The van der Waals surface area contributed by atoms with Crippen LogP contribution >= 0.6 is 0 Å². The molecule has 1 atom stereocenters. The molecule has 1 unspecified atom stereocenters. The maximum Gasteiger partial charge on any atom is 0.238 e. The highest BCUT2D eigenvalue weighted by Gasteiger charge is 2.38. The molecule has 0 aliphatic carbocycles. The summed E-state index contributed by atoms with van der Waals surface area (Å²) in [6.07, 6.45) is 3.38. The first-order valence-electron chi connectivity index (χ1n) is 6.44. The number of hydrogen-bond donors (Lipinski definition) is 1. The van der Waals surface area contributed by atoms with E-state index in [-0.39, 0.29) is 23.9 Å². The number of rotatable bonds is 4. The Balaban J connectivity index is 2.90. The molecule has 0 bridgehead atoms. The van der Waals surface area contributed by atoms with E-state index >= 15 is 0 Å². The summed E-state index contributed by atoms with van der Waals surface area (Å²) >= 11 is 0. The zero-order valence-corrected chi connectivity index (χ0v) is 11.1. The fourth-order valence-electron chi connectivity index (χ4n) is 2.39. The highest BCUT2D eigenvalue weighted by molar-refractivity contribution is 5.82. The second kappa shape index (κ2) is 6.02. The van der Waals surface area contributed by atoms with Crippen LogP contribution < -0.4 is 5.32 Å². The lowest BCUT2D eigenvalue weighted by molar-refractivity contribution is -0.126. The Morgan fingerprint density at radius 3 is 2.88 bits per heavy atom. The first kappa shape index (κ1) is 14.0. The van der Waals surface area contributed by atoms with Crippen molar-refractivity contribution in [3.63, 3.8) is 0 Å². The third-order valence-corrected chi connectivity index (χ3v) is 3.53. The molecule has 1 aliphatic heterocycles. The van der Waals surface area contributed by atoms with Crippen LogP contribution in [0.2, 0.25) is 0 Å². The number of hydrogen-bond acceptors (Lipinski definition) is 3. The molecule has 1 fully saturated rings. The molecule has 1 rings (SSSR count). The second-order valence-corrected chi connectivity index (χ2v) is 5.28. The van der Waals surface area contributed by atoms with Gasteiger partial charge < -0.3 is 5.32 Å². The molecule has 1 N–H and O–H groups in total. The maximum atomic E-state index is 12.0. The van der Waals surface area contributed by atoms with Gasteiger partial charge in [0.15, 0.2) is 0 Å². The fraction of sp³-hybridized carbons (Fsp3) is 0.846. The van der Waals surface area contributed by atoms with Crippen LogP contribution in [0.4, 0.5) is 0 Å². The van der Waals surface area contributed by atoms with E-state index in [0.29, 0.717) is 6.54 Å². The van der Waals surface area contributed by atoms with Crippen molar-refractivity contribution >= 4 is 5.91 Å². The van der Waals surface area contributed by atoms with Crippen molar-refractivity contribution in [2.75, 3.05) is 13.1 Å². The highest BCUT2D eigenvalue weighted by atomic mass is 16.2. The van der Waals surface area contributed by atoms with Gasteiger partial charge in [-0.25, -0.2) is 0 Å². The van der Waals surface area contributed by atoms with Gasteiger partial charge >= 0.3 is 0 Å². The standard InChI is InChI=1S/C13H23N3O/c1-4-5-10-16-11(6-8-14)12(17)15-9-7-13(16,2)3/h11H,4-7,9-10H2,1-3H3,(H,15,17). The van der Waals surface area contributed by atoms with Gasteiger partial charge in [-0.2, -0.15) is 5.26 Å². The average molecular weight is 237 g/mol. The van der Waals surface area contributed by atoms with E-state index in [9.17, 15) is 4.79 Å². The summed E-state index contributed by atoms with van der Waals surface area (Å²) in [5.74, 6) is 0.00762. The quantitative estimate of drug-likeness (QED) is 0.809. The molecule has 0 saturated carbocycles. The van der Waals surface area contributed by atoms with E-state index in [1.165, 1.54) is 0 Å². The summed E-state index contributed by atoms with van der Waals surface area (Å²) in [7, 11) is 0. The minimum atomic E-state index is -0.288. The Morgan fingerprint density at radius 1 is 1.59 bits per heavy atom. The zero-order chi connectivity index (χ0) is 12.9. The second-order valence-electron chi connectivity index (χ2n) is 5.28. The summed E-state index contributed by atoms with van der Waals surface area (Å²) in [5.41, 5.74) is -0.0180. The minimum Gasteiger partial charge on any atom is -0.355 e. The molecule has 4 nitrogen and oxygen atoms in total. The number of unbranched alkanes of at least 4 members (excludes halogenated alkanes) is 1. The van der Waals surface area contributed by atoms with E-state index in [0.717, 1.165) is 25.8 Å². The molecule has 4 heteroatoms. The first-order valence-corrected chi connectivity index (χ1v) is 6.44. The van der Waals surface area contributed by atoms with Crippen molar-refractivity contribution < 1.29 is 4.79 Å². The lowest BCUT2D eigenvalue weighted by Gasteiger charge is -2.40. The normalized spacial score (nSPS) is 24.8. The van der Waals surface area contributed by atoms with Gasteiger partial charge in [0.05, 0.1) is 12.5 Å². The highest BCUT2D eigenvalue weighted by Crippen LogP contribution is 2.25. The molecular weight excluding hydrogens is 214 g/mol. The van der Waals surface area contributed by atoms with Crippen LogP contribution in [-0.2, 0) is 4.79 Å². The van der Waals surface area contributed by atoms with E-state index in [2.05, 4.69) is 37.1 Å². The Kier molecular flexibility index (Phi) is 4.95. The van der Waals surface area contributed by atoms with Crippen molar-refractivity contribution in [1.82, 2.24) is 10.2 Å². The SMILES string of the molecule is CCCCN1C(CC#N)C(=O)NCCC1(C)C. The Labute approximate surface area is 104 Å². The summed E-state index contributed by atoms with van der Waals surface area (Å²) in [5, 5.41) is 11.8. The summed E-state index contributed by atoms with van der Waals surface area (Å²) in [6.45, 7) is 8.06. The van der Waals surface area contributed by atoms with Gasteiger partial charge in [-0.1, -0.05) is 13.3 Å². The zero-order valence-electron chi connectivity index (χ0n) is 11.1. The molecule has 0 aromatic carbocycles. The third kappa shape index (κ3) is 3.44. The van der Waals surface area contributed by atoms with Crippen LogP contribution in [0.5, 0.6) is 0 Å². The van der Waals surface area contributed by atoms with Gasteiger partial charge in [0.2, 0.25) is 5.91 Å². The number of carbonyl (C=O) groups excluding carboxylic acids is 1. The molecule has 1 amide bonds. The molecule has 96 valence electrons. The van der Waals surface area contributed by atoms with Crippen LogP contribution in [0.15, 0.2) is 0 Å². The van der Waals surface area contributed by atoms with Crippen LogP contribution in [0, 0.1) is 11.3 Å². The maximum absolute atomic E-state index is 12.0. The summed E-state index contributed by atoms with van der Waals surface area (Å²) < 4.78 is 0. The van der Waals surface area contributed by atoms with Crippen LogP contribution in [0.25, 0.3) is 0 Å². The Bertz CT molecular complexity index is 306.